The Hall–Kier alpha value is -0.770. The summed E-state index contributed by atoms with van der Waals surface area (Å²) in [5, 5.41) is 3.65. The van der Waals surface area contributed by atoms with Crippen LogP contribution in [0, 0.1) is 5.41 Å². The van der Waals surface area contributed by atoms with Gasteiger partial charge in [-0.2, -0.15) is 0 Å². The molecule has 0 aromatic rings. The molecule has 0 radical (unpaired) electrons. The number of carbonyl (C=O) groups excluding carboxylic acids is 1. The van der Waals surface area contributed by atoms with E-state index in [0.717, 1.165) is 19.4 Å². The second kappa shape index (κ2) is 4.11. The first-order valence-electron chi connectivity index (χ1n) is 7.56. The summed E-state index contributed by atoms with van der Waals surface area (Å²) >= 11 is 0. The fourth-order valence-corrected chi connectivity index (χ4v) is 4.38. The van der Waals surface area contributed by atoms with Crippen LogP contribution < -0.4 is 5.32 Å². The minimum atomic E-state index is -0.407. The number of rotatable bonds is 0. The molecule has 2 heterocycles. The van der Waals surface area contributed by atoms with Crippen LogP contribution in [0.25, 0.3) is 0 Å². The Labute approximate surface area is 115 Å². The molecule has 3 rings (SSSR count). The lowest BCUT2D eigenvalue weighted by Gasteiger charge is -2.45. The van der Waals surface area contributed by atoms with E-state index in [1.165, 1.54) is 12.8 Å². The maximum atomic E-state index is 12.5. The summed E-state index contributed by atoms with van der Waals surface area (Å²) in [5.74, 6) is 0. The molecule has 0 spiro atoms. The lowest BCUT2D eigenvalue weighted by molar-refractivity contribution is 0.00785. The summed E-state index contributed by atoms with van der Waals surface area (Å²) in [7, 11) is 0. The highest BCUT2D eigenvalue weighted by atomic mass is 16.6. The Morgan fingerprint density at radius 2 is 2.11 bits per heavy atom. The number of nitrogens with zero attached hydrogens (tertiary/aromatic N) is 1. The molecule has 1 unspecified atom stereocenters. The largest absolute Gasteiger partial charge is 0.444 e. The summed E-state index contributed by atoms with van der Waals surface area (Å²) in [6.45, 7) is 9.10. The maximum absolute atomic E-state index is 12.5. The predicted molar refractivity (Wildman–Crippen MR) is 74.0 cm³/mol. The Kier molecular flexibility index (Phi) is 2.86. The monoisotopic (exact) mass is 266 g/mol. The van der Waals surface area contributed by atoms with Gasteiger partial charge in [-0.3, -0.25) is 0 Å². The number of fused-ring (bicyclic) bond motifs is 1. The molecule has 1 N–H and O–H groups in total. The van der Waals surface area contributed by atoms with Crippen molar-refractivity contribution in [1.29, 1.82) is 0 Å². The smallest absolute Gasteiger partial charge is 0.410 e. The summed E-state index contributed by atoms with van der Waals surface area (Å²) < 4.78 is 5.63. The zero-order valence-corrected chi connectivity index (χ0v) is 12.5. The molecular formula is C15H26N2O2. The van der Waals surface area contributed by atoms with Crippen LogP contribution in [0.2, 0.25) is 0 Å². The fraction of sp³-hybridized carbons (Fsp3) is 0.933. The Morgan fingerprint density at radius 3 is 2.79 bits per heavy atom. The van der Waals surface area contributed by atoms with Gasteiger partial charge in [-0.25, -0.2) is 4.79 Å². The zero-order chi connectivity index (χ0) is 13.8. The number of likely N-dealkylation sites (tertiary alicyclic amines) is 1. The topological polar surface area (TPSA) is 41.6 Å². The SMILES string of the molecule is CC(C)(C)OC(=O)N1C2CCC[C@H]3NC[C@@H]1C[C@@]23C. The molecule has 19 heavy (non-hydrogen) atoms. The standard InChI is InChI=1S/C15H26N2O2/c1-14(2,3)19-13(18)17-10-8-15(4)11(16-9-10)6-5-7-12(15)17/h10-12,16H,5-9H2,1-4H3/t10-,11+,12?,15+/m0/s1. The normalized spacial score (nSPS) is 41.3. The van der Waals surface area contributed by atoms with Gasteiger partial charge in [-0.15, -0.1) is 0 Å². The van der Waals surface area contributed by atoms with E-state index in [0.29, 0.717) is 18.1 Å². The van der Waals surface area contributed by atoms with Gasteiger partial charge in [0, 0.05) is 30.1 Å². The van der Waals surface area contributed by atoms with Crippen LogP contribution in [-0.2, 0) is 4.74 Å². The Morgan fingerprint density at radius 1 is 1.37 bits per heavy atom. The van der Waals surface area contributed by atoms with Crippen LogP contribution in [0.5, 0.6) is 0 Å². The summed E-state index contributed by atoms with van der Waals surface area (Å²) in [5.41, 5.74) is -0.158. The first-order chi connectivity index (χ1) is 8.81. The van der Waals surface area contributed by atoms with E-state index < -0.39 is 5.60 Å². The van der Waals surface area contributed by atoms with E-state index in [4.69, 9.17) is 4.74 Å². The third-order valence-electron chi connectivity index (χ3n) is 5.14. The third kappa shape index (κ3) is 2.04. The molecule has 2 saturated heterocycles. The Bertz CT molecular complexity index is 390. The van der Waals surface area contributed by atoms with Gasteiger partial charge in [0.1, 0.15) is 5.60 Å². The third-order valence-corrected chi connectivity index (χ3v) is 5.14. The lowest BCUT2D eigenvalue weighted by Crippen LogP contribution is -2.54. The summed E-state index contributed by atoms with van der Waals surface area (Å²) in [6.07, 6.45) is 4.61. The highest BCUT2D eigenvalue weighted by Crippen LogP contribution is 2.51. The van der Waals surface area contributed by atoms with Gasteiger partial charge in [0.15, 0.2) is 0 Å². The van der Waals surface area contributed by atoms with E-state index >= 15 is 0 Å². The minimum absolute atomic E-state index is 0.115. The Balaban J connectivity index is 1.85. The average Bonchev–Trinajstić information content (AvgIpc) is 2.56. The number of hydrogen-bond donors (Lipinski definition) is 1. The summed E-state index contributed by atoms with van der Waals surface area (Å²) in [6, 6.07) is 1.26. The second-order valence-corrected chi connectivity index (χ2v) is 7.66. The molecule has 0 aromatic carbocycles. The van der Waals surface area contributed by atoms with Crippen molar-refractivity contribution in [2.45, 2.75) is 77.1 Å². The first-order valence-corrected chi connectivity index (χ1v) is 7.56. The zero-order valence-electron chi connectivity index (χ0n) is 12.5. The van der Waals surface area contributed by atoms with Gasteiger partial charge in [0.25, 0.3) is 0 Å². The van der Waals surface area contributed by atoms with E-state index in [9.17, 15) is 4.79 Å². The lowest BCUT2D eigenvalue weighted by atomic mass is 9.66. The van der Waals surface area contributed by atoms with Crippen LogP contribution in [0.3, 0.4) is 0 Å². The molecule has 2 aliphatic heterocycles. The molecule has 0 aromatic heterocycles. The molecule has 108 valence electrons. The first kappa shape index (κ1) is 13.2. The number of carbonyl (C=O) groups is 1. The molecule has 4 atom stereocenters. The minimum Gasteiger partial charge on any atom is -0.444 e. The molecule has 4 nitrogen and oxygen atoms in total. The quantitative estimate of drug-likeness (QED) is 0.732. The molecule has 2 bridgehead atoms. The second-order valence-electron chi connectivity index (χ2n) is 7.66. The molecule has 1 aliphatic carbocycles. The van der Waals surface area contributed by atoms with Crippen molar-refractivity contribution in [2.24, 2.45) is 5.41 Å². The van der Waals surface area contributed by atoms with Crippen molar-refractivity contribution in [1.82, 2.24) is 10.2 Å². The van der Waals surface area contributed by atoms with Gasteiger partial charge in [-0.05, 0) is 46.5 Å². The molecule has 3 fully saturated rings. The predicted octanol–water partition coefficient (Wildman–Crippen LogP) is 2.53. The fourth-order valence-electron chi connectivity index (χ4n) is 4.38. The van der Waals surface area contributed by atoms with Crippen molar-refractivity contribution in [3.63, 3.8) is 0 Å². The number of hydrogen-bond acceptors (Lipinski definition) is 3. The number of piperidine rings is 1. The van der Waals surface area contributed by atoms with Crippen molar-refractivity contribution < 1.29 is 9.53 Å². The van der Waals surface area contributed by atoms with Crippen LogP contribution in [0.4, 0.5) is 4.79 Å². The molecular weight excluding hydrogens is 240 g/mol. The number of amides is 1. The van der Waals surface area contributed by atoms with Crippen molar-refractivity contribution >= 4 is 6.09 Å². The van der Waals surface area contributed by atoms with E-state index in [2.05, 4.69) is 17.1 Å². The maximum Gasteiger partial charge on any atom is 0.410 e. The van der Waals surface area contributed by atoms with Crippen LogP contribution in [0.15, 0.2) is 0 Å². The number of ether oxygens (including phenoxy) is 1. The van der Waals surface area contributed by atoms with Gasteiger partial charge >= 0.3 is 6.09 Å². The number of nitrogens with one attached hydrogen (secondary N) is 1. The van der Waals surface area contributed by atoms with Gasteiger partial charge < -0.3 is 15.0 Å². The van der Waals surface area contributed by atoms with Crippen LogP contribution in [0.1, 0.15) is 53.4 Å². The highest BCUT2D eigenvalue weighted by molar-refractivity contribution is 5.70. The van der Waals surface area contributed by atoms with Gasteiger partial charge in [0.05, 0.1) is 0 Å². The van der Waals surface area contributed by atoms with Crippen LogP contribution >= 0.6 is 0 Å². The molecule has 3 aliphatic rings. The average molecular weight is 266 g/mol. The molecule has 4 heteroatoms. The van der Waals surface area contributed by atoms with E-state index in [1.54, 1.807) is 0 Å². The van der Waals surface area contributed by atoms with Crippen LogP contribution in [-0.4, -0.2) is 41.3 Å². The van der Waals surface area contributed by atoms with E-state index in [-0.39, 0.29) is 11.5 Å². The molecule has 1 amide bonds. The highest BCUT2D eigenvalue weighted by Gasteiger charge is 2.59. The van der Waals surface area contributed by atoms with Gasteiger partial charge in [-0.1, -0.05) is 6.92 Å². The van der Waals surface area contributed by atoms with Crippen molar-refractivity contribution in [3.05, 3.63) is 0 Å². The van der Waals surface area contributed by atoms with Crippen molar-refractivity contribution in [3.8, 4) is 0 Å². The summed E-state index contributed by atoms with van der Waals surface area (Å²) in [4.78, 5) is 14.6. The van der Waals surface area contributed by atoms with E-state index in [1.807, 2.05) is 20.8 Å². The molecule has 1 saturated carbocycles. The van der Waals surface area contributed by atoms with Gasteiger partial charge in [0.2, 0.25) is 0 Å². The van der Waals surface area contributed by atoms with Crippen molar-refractivity contribution in [2.75, 3.05) is 6.54 Å².